The topological polar surface area (TPSA) is 102 Å². The van der Waals surface area contributed by atoms with Gasteiger partial charge in [-0.05, 0) is 110 Å². The normalized spacial score (nSPS) is 26.1. The molecular weight excluding hydrogens is 574 g/mol. The number of hydrogen-bond acceptors (Lipinski definition) is 5. The van der Waals surface area contributed by atoms with E-state index < -0.39 is 5.97 Å². The number of anilines is 2. The van der Waals surface area contributed by atoms with Crippen molar-refractivity contribution in [3.05, 3.63) is 60.0 Å². The fourth-order valence-electron chi connectivity index (χ4n) is 8.53. The van der Waals surface area contributed by atoms with Gasteiger partial charge in [-0.25, -0.2) is 4.98 Å². The Bertz CT molecular complexity index is 1520. The lowest BCUT2D eigenvalue weighted by atomic mass is 9.52. The summed E-state index contributed by atoms with van der Waals surface area (Å²) in [5.74, 6) is 0.543. The second-order valence-electron chi connectivity index (χ2n) is 15.8. The third-order valence-corrected chi connectivity index (χ3v) is 11.5. The first-order chi connectivity index (χ1) is 21.9. The lowest BCUT2D eigenvalue weighted by Gasteiger charge is -2.55. The van der Waals surface area contributed by atoms with E-state index in [1.54, 1.807) is 0 Å². The van der Waals surface area contributed by atoms with Crippen LogP contribution in [-0.2, 0) is 20.4 Å². The monoisotopic (exact) mass is 625 g/mol. The molecule has 2 bridgehead atoms. The van der Waals surface area contributed by atoms with Crippen LogP contribution in [0.5, 0.6) is 0 Å². The molecule has 8 heteroatoms. The fraction of sp³-hybridized carbons (Fsp3) is 0.579. The van der Waals surface area contributed by atoms with E-state index in [1.165, 1.54) is 5.56 Å². The van der Waals surface area contributed by atoms with E-state index in [2.05, 4.69) is 78.5 Å². The van der Waals surface area contributed by atoms with E-state index in [-0.39, 0.29) is 40.4 Å². The second-order valence-corrected chi connectivity index (χ2v) is 15.8. The van der Waals surface area contributed by atoms with Gasteiger partial charge in [0.25, 0.3) is 0 Å². The molecular formula is C38H51N5O3. The molecule has 2 aromatic heterocycles. The van der Waals surface area contributed by atoms with Gasteiger partial charge in [0.2, 0.25) is 5.91 Å². The highest BCUT2D eigenvalue weighted by atomic mass is 16.4. The molecule has 8 nitrogen and oxygen atoms in total. The Morgan fingerprint density at radius 2 is 1.65 bits per heavy atom. The Morgan fingerprint density at radius 3 is 2.24 bits per heavy atom. The van der Waals surface area contributed by atoms with Crippen LogP contribution in [0, 0.1) is 17.3 Å². The first-order valence-electron chi connectivity index (χ1n) is 17.2. The van der Waals surface area contributed by atoms with Gasteiger partial charge in [-0.15, -0.1) is 0 Å². The highest BCUT2D eigenvalue weighted by Crippen LogP contribution is 2.58. The molecule has 246 valence electrons. The SMILES string of the molecule is CN(C)c1ccc(C23CCC(CN(C(=O)C4CCC(CC(=O)O)CC4)c4cccc(-c5cn[nH]c5C(C)(C)C)c4)(CC2)CC3)cn1. The molecule has 1 aromatic carbocycles. The number of fused-ring (bicyclic) bond motifs is 3. The Labute approximate surface area is 274 Å². The van der Waals surface area contributed by atoms with Gasteiger partial charge in [0.1, 0.15) is 5.82 Å². The summed E-state index contributed by atoms with van der Waals surface area (Å²) in [7, 11) is 4.05. The molecule has 3 aromatic rings. The van der Waals surface area contributed by atoms with Crippen LogP contribution in [0.1, 0.15) is 103 Å². The van der Waals surface area contributed by atoms with Crippen LogP contribution in [0.3, 0.4) is 0 Å². The molecule has 0 radical (unpaired) electrons. The minimum absolute atomic E-state index is 0.0725. The van der Waals surface area contributed by atoms with E-state index in [9.17, 15) is 14.7 Å². The molecule has 1 amide bonds. The number of carbonyl (C=O) groups excluding carboxylic acids is 1. The molecule has 2 N–H and O–H groups in total. The van der Waals surface area contributed by atoms with Crippen LogP contribution >= 0.6 is 0 Å². The van der Waals surface area contributed by atoms with Crippen molar-refractivity contribution in [3.8, 4) is 11.1 Å². The lowest BCUT2D eigenvalue weighted by molar-refractivity contribution is -0.138. The second kappa shape index (κ2) is 12.5. The summed E-state index contributed by atoms with van der Waals surface area (Å²) in [5, 5.41) is 16.9. The van der Waals surface area contributed by atoms with Crippen LogP contribution in [0.25, 0.3) is 11.1 Å². The number of carboxylic acid groups (broad SMARTS) is 1. The van der Waals surface area contributed by atoms with E-state index in [4.69, 9.17) is 4.98 Å². The van der Waals surface area contributed by atoms with Crippen molar-refractivity contribution in [1.29, 1.82) is 0 Å². The Morgan fingerprint density at radius 1 is 0.957 bits per heavy atom. The van der Waals surface area contributed by atoms with E-state index in [0.717, 1.165) is 99.1 Å². The molecule has 46 heavy (non-hydrogen) atoms. The molecule has 2 heterocycles. The quantitative estimate of drug-likeness (QED) is 0.252. The van der Waals surface area contributed by atoms with Gasteiger partial charge in [0.15, 0.2) is 0 Å². The zero-order valence-corrected chi connectivity index (χ0v) is 28.3. The number of nitrogens with one attached hydrogen (secondary N) is 1. The number of amides is 1. The van der Waals surface area contributed by atoms with Gasteiger partial charge in [-0.3, -0.25) is 14.7 Å². The molecule has 4 aliphatic rings. The van der Waals surface area contributed by atoms with Crippen LogP contribution in [0.4, 0.5) is 11.5 Å². The summed E-state index contributed by atoms with van der Waals surface area (Å²) in [6.45, 7) is 7.28. The minimum Gasteiger partial charge on any atom is -0.481 e. The Kier molecular flexibility index (Phi) is 8.77. The summed E-state index contributed by atoms with van der Waals surface area (Å²) in [6, 6.07) is 12.9. The lowest BCUT2D eigenvalue weighted by Crippen LogP contribution is -2.51. The number of carboxylic acids is 1. The predicted octanol–water partition coefficient (Wildman–Crippen LogP) is 7.74. The molecule has 7 rings (SSSR count). The number of carbonyl (C=O) groups is 2. The number of aromatic nitrogens is 3. The van der Waals surface area contributed by atoms with Gasteiger partial charge in [0, 0.05) is 61.5 Å². The molecule has 0 unspecified atom stereocenters. The van der Waals surface area contributed by atoms with E-state index in [0.29, 0.717) is 0 Å². The van der Waals surface area contributed by atoms with Crippen molar-refractivity contribution >= 4 is 23.4 Å². The maximum absolute atomic E-state index is 14.5. The maximum Gasteiger partial charge on any atom is 0.303 e. The van der Waals surface area contributed by atoms with Crippen molar-refractivity contribution in [1.82, 2.24) is 15.2 Å². The smallest absolute Gasteiger partial charge is 0.303 e. The summed E-state index contributed by atoms with van der Waals surface area (Å²) >= 11 is 0. The highest BCUT2D eigenvalue weighted by molar-refractivity contribution is 5.96. The van der Waals surface area contributed by atoms with Crippen LogP contribution < -0.4 is 9.80 Å². The molecule has 0 atom stereocenters. The van der Waals surface area contributed by atoms with E-state index in [1.807, 2.05) is 25.2 Å². The van der Waals surface area contributed by atoms with Crippen molar-refractivity contribution in [3.63, 3.8) is 0 Å². The predicted molar refractivity (Wildman–Crippen MR) is 183 cm³/mol. The zero-order valence-electron chi connectivity index (χ0n) is 28.3. The average Bonchev–Trinajstić information content (AvgIpc) is 3.56. The maximum atomic E-state index is 14.5. The number of pyridine rings is 1. The average molecular weight is 626 g/mol. The Hall–Kier alpha value is -3.68. The number of rotatable bonds is 9. The third kappa shape index (κ3) is 6.45. The number of benzene rings is 1. The summed E-state index contributed by atoms with van der Waals surface area (Å²) in [5.41, 5.74) is 5.72. The van der Waals surface area contributed by atoms with Crippen LogP contribution in [0.2, 0.25) is 0 Å². The molecule has 4 fully saturated rings. The molecule has 0 aliphatic heterocycles. The number of nitrogens with zero attached hydrogens (tertiary/aromatic N) is 4. The van der Waals surface area contributed by atoms with Crippen LogP contribution in [-0.4, -0.2) is 52.8 Å². The number of hydrogen-bond donors (Lipinski definition) is 2. The van der Waals surface area contributed by atoms with Gasteiger partial charge in [0.05, 0.1) is 6.20 Å². The minimum atomic E-state index is -0.740. The number of H-pyrrole nitrogens is 1. The summed E-state index contributed by atoms with van der Waals surface area (Å²) in [6.07, 6.45) is 14.0. The number of aliphatic carboxylic acids is 1. The summed E-state index contributed by atoms with van der Waals surface area (Å²) < 4.78 is 0. The van der Waals surface area contributed by atoms with Crippen molar-refractivity contribution in [2.45, 2.75) is 102 Å². The van der Waals surface area contributed by atoms with Crippen molar-refractivity contribution in [2.24, 2.45) is 17.3 Å². The summed E-state index contributed by atoms with van der Waals surface area (Å²) in [4.78, 5) is 34.8. The van der Waals surface area contributed by atoms with E-state index >= 15 is 0 Å². The standard InChI is InChI=1S/C38H51N5O3/c1-36(2,3)34-31(24-40-41-34)28-7-6-8-30(22-28)43(35(46)27-11-9-26(10-12-27)21-33(44)45)25-37-15-18-38(19-16-37,20-17-37)29-13-14-32(39-23-29)42(4)5/h6-8,13-14,22-24,26-27H,9-12,15-21,25H2,1-5H3,(H,40,41)(H,44,45). The first kappa shape index (κ1) is 32.3. The molecule has 0 spiro atoms. The largest absolute Gasteiger partial charge is 0.481 e. The van der Waals surface area contributed by atoms with Crippen molar-refractivity contribution < 1.29 is 14.7 Å². The first-order valence-corrected chi connectivity index (χ1v) is 17.2. The Balaban J connectivity index is 1.26. The van der Waals surface area contributed by atoms with Crippen molar-refractivity contribution in [2.75, 3.05) is 30.4 Å². The zero-order chi connectivity index (χ0) is 32.7. The number of aromatic amines is 1. The van der Waals surface area contributed by atoms with Gasteiger partial charge < -0.3 is 14.9 Å². The third-order valence-electron chi connectivity index (χ3n) is 11.5. The fourth-order valence-corrected chi connectivity index (χ4v) is 8.53. The molecule has 4 saturated carbocycles. The van der Waals surface area contributed by atoms with Gasteiger partial charge in [-0.1, -0.05) is 39.0 Å². The van der Waals surface area contributed by atoms with Crippen LogP contribution in [0.15, 0.2) is 48.8 Å². The highest BCUT2D eigenvalue weighted by Gasteiger charge is 2.50. The molecule has 4 aliphatic carbocycles. The molecule has 0 saturated heterocycles. The van der Waals surface area contributed by atoms with Gasteiger partial charge >= 0.3 is 5.97 Å². The van der Waals surface area contributed by atoms with Gasteiger partial charge in [-0.2, -0.15) is 5.10 Å².